The lowest BCUT2D eigenvalue weighted by atomic mass is 10.1. The first-order valence-corrected chi connectivity index (χ1v) is 7.88. The summed E-state index contributed by atoms with van der Waals surface area (Å²) in [7, 11) is 0. The van der Waals surface area contributed by atoms with Crippen molar-refractivity contribution in [3.8, 4) is 0 Å². The van der Waals surface area contributed by atoms with E-state index in [1.807, 2.05) is 12.1 Å². The first-order chi connectivity index (χ1) is 11.6. The highest BCUT2D eigenvalue weighted by atomic mass is 19.2. The molecule has 126 valence electrons. The number of benzene rings is 2. The van der Waals surface area contributed by atoms with Gasteiger partial charge in [0.05, 0.1) is 13.2 Å². The van der Waals surface area contributed by atoms with Crippen LogP contribution in [-0.2, 0) is 11.3 Å². The summed E-state index contributed by atoms with van der Waals surface area (Å²) in [4.78, 5) is 13.6. The Morgan fingerprint density at radius 2 is 1.75 bits per heavy atom. The SMILES string of the molecule is O=C(Nc1ccc(F)c(F)c1)c1ccc(C[NH+]2CCOCC2)cc1. The van der Waals surface area contributed by atoms with Crippen LogP contribution in [0.25, 0.3) is 0 Å². The number of ether oxygens (including phenoxy) is 1. The zero-order valence-electron chi connectivity index (χ0n) is 13.1. The zero-order chi connectivity index (χ0) is 16.9. The van der Waals surface area contributed by atoms with Crippen molar-refractivity contribution in [2.75, 3.05) is 31.6 Å². The maximum absolute atomic E-state index is 13.2. The quantitative estimate of drug-likeness (QED) is 0.893. The predicted molar refractivity (Wildman–Crippen MR) is 86.0 cm³/mol. The number of morpholine rings is 1. The average Bonchev–Trinajstić information content (AvgIpc) is 2.60. The molecular formula is C18H19F2N2O2+. The fourth-order valence-electron chi connectivity index (χ4n) is 2.68. The molecule has 1 aliphatic rings. The van der Waals surface area contributed by atoms with Crippen molar-refractivity contribution in [1.29, 1.82) is 0 Å². The number of halogens is 2. The van der Waals surface area contributed by atoms with Gasteiger partial charge in [-0.2, -0.15) is 0 Å². The minimum atomic E-state index is -0.989. The molecule has 0 saturated carbocycles. The Morgan fingerprint density at radius 1 is 1.04 bits per heavy atom. The number of carbonyl (C=O) groups is 1. The summed E-state index contributed by atoms with van der Waals surface area (Å²) in [5, 5.41) is 2.56. The molecule has 1 fully saturated rings. The third-order valence-corrected chi connectivity index (χ3v) is 4.05. The molecule has 1 aliphatic heterocycles. The number of quaternary nitrogens is 1. The second kappa shape index (κ2) is 7.51. The molecular weight excluding hydrogens is 314 g/mol. The summed E-state index contributed by atoms with van der Waals surface area (Å²) in [5.74, 6) is -2.29. The van der Waals surface area contributed by atoms with Crippen LogP contribution < -0.4 is 10.2 Å². The molecule has 0 bridgehead atoms. The summed E-state index contributed by atoms with van der Waals surface area (Å²) in [6.45, 7) is 4.43. The van der Waals surface area contributed by atoms with Gasteiger partial charge in [-0.25, -0.2) is 8.78 Å². The molecule has 1 amide bonds. The summed E-state index contributed by atoms with van der Waals surface area (Å²) in [6.07, 6.45) is 0. The largest absolute Gasteiger partial charge is 0.370 e. The van der Waals surface area contributed by atoms with E-state index in [-0.39, 0.29) is 11.6 Å². The number of hydrogen-bond donors (Lipinski definition) is 2. The van der Waals surface area contributed by atoms with E-state index in [1.54, 1.807) is 12.1 Å². The summed E-state index contributed by atoms with van der Waals surface area (Å²) in [5.41, 5.74) is 1.84. The Hall–Kier alpha value is -2.31. The average molecular weight is 333 g/mol. The first-order valence-electron chi connectivity index (χ1n) is 7.88. The minimum absolute atomic E-state index is 0.223. The molecule has 1 saturated heterocycles. The van der Waals surface area contributed by atoms with Gasteiger partial charge in [0.1, 0.15) is 19.6 Å². The molecule has 3 rings (SSSR count). The third kappa shape index (κ3) is 4.15. The van der Waals surface area contributed by atoms with Gasteiger partial charge in [0.15, 0.2) is 11.6 Å². The van der Waals surface area contributed by atoms with E-state index in [0.717, 1.165) is 50.5 Å². The maximum Gasteiger partial charge on any atom is 0.255 e. The predicted octanol–water partition coefficient (Wildman–Crippen LogP) is 1.63. The van der Waals surface area contributed by atoms with Crippen molar-refractivity contribution in [2.45, 2.75) is 6.54 Å². The van der Waals surface area contributed by atoms with Gasteiger partial charge in [-0.05, 0) is 24.3 Å². The summed E-state index contributed by atoms with van der Waals surface area (Å²) in [6, 6.07) is 10.6. The Labute approximate surface area is 139 Å². The molecule has 4 nitrogen and oxygen atoms in total. The highest BCUT2D eigenvalue weighted by Crippen LogP contribution is 2.14. The third-order valence-electron chi connectivity index (χ3n) is 4.05. The molecule has 2 aromatic rings. The molecule has 1 heterocycles. The van der Waals surface area contributed by atoms with Crippen LogP contribution in [0.5, 0.6) is 0 Å². The van der Waals surface area contributed by atoms with Gasteiger partial charge in [-0.15, -0.1) is 0 Å². The number of hydrogen-bond acceptors (Lipinski definition) is 2. The van der Waals surface area contributed by atoms with Crippen LogP contribution in [-0.4, -0.2) is 32.2 Å². The van der Waals surface area contributed by atoms with E-state index in [9.17, 15) is 13.6 Å². The molecule has 0 unspecified atom stereocenters. The van der Waals surface area contributed by atoms with E-state index in [2.05, 4.69) is 5.32 Å². The van der Waals surface area contributed by atoms with Crippen molar-refractivity contribution in [2.24, 2.45) is 0 Å². The lowest BCUT2D eigenvalue weighted by Crippen LogP contribution is -3.12. The lowest BCUT2D eigenvalue weighted by Gasteiger charge is -2.23. The number of nitrogens with one attached hydrogen (secondary N) is 2. The van der Waals surface area contributed by atoms with Crippen molar-refractivity contribution in [1.82, 2.24) is 0 Å². The highest BCUT2D eigenvalue weighted by molar-refractivity contribution is 6.04. The first kappa shape index (κ1) is 16.5. The van der Waals surface area contributed by atoms with E-state index in [1.165, 1.54) is 11.0 Å². The Kier molecular flexibility index (Phi) is 5.17. The van der Waals surface area contributed by atoms with E-state index in [0.29, 0.717) is 5.56 Å². The Morgan fingerprint density at radius 3 is 2.42 bits per heavy atom. The van der Waals surface area contributed by atoms with Crippen molar-refractivity contribution in [3.63, 3.8) is 0 Å². The molecule has 0 aliphatic carbocycles. The Balaban J connectivity index is 1.61. The lowest BCUT2D eigenvalue weighted by molar-refractivity contribution is -0.921. The van der Waals surface area contributed by atoms with Crippen LogP contribution in [0, 0.1) is 11.6 Å². The van der Waals surface area contributed by atoms with Crippen LogP contribution in [0.2, 0.25) is 0 Å². The zero-order valence-corrected chi connectivity index (χ0v) is 13.1. The maximum atomic E-state index is 13.2. The topological polar surface area (TPSA) is 42.8 Å². The second-order valence-corrected chi connectivity index (χ2v) is 5.82. The molecule has 6 heteroatoms. The number of rotatable bonds is 4. The standard InChI is InChI=1S/C18H18F2N2O2/c19-16-6-5-15(11-17(16)20)21-18(23)14-3-1-13(2-4-14)12-22-7-9-24-10-8-22/h1-6,11H,7-10,12H2,(H,21,23)/p+1. The van der Waals surface area contributed by atoms with Crippen LogP contribution in [0.4, 0.5) is 14.5 Å². The fraction of sp³-hybridized carbons (Fsp3) is 0.278. The molecule has 0 atom stereocenters. The van der Waals surface area contributed by atoms with E-state index in [4.69, 9.17) is 4.74 Å². The van der Waals surface area contributed by atoms with Crippen LogP contribution >= 0.6 is 0 Å². The minimum Gasteiger partial charge on any atom is -0.370 e. The molecule has 0 aromatic heterocycles. The van der Waals surface area contributed by atoms with Gasteiger partial charge in [-0.1, -0.05) is 12.1 Å². The molecule has 0 radical (unpaired) electrons. The fourth-order valence-corrected chi connectivity index (χ4v) is 2.68. The van der Waals surface area contributed by atoms with Crippen LogP contribution in [0.1, 0.15) is 15.9 Å². The molecule has 0 spiro atoms. The highest BCUT2D eigenvalue weighted by Gasteiger charge is 2.14. The van der Waals surface area contributed by atoms with Crippen LogP contribution in [0.3, 0.4) is 0 Å². The molecule has 2 aromatic carbocycles. The van der Waals surface area contributed by atoms with Gasteiger partial charge in [0.25, 0.3) is 5.91 Å². The molecule has 24 heavy (non-hydrogen) atoms. The number of carbonyl (C=O) groups excluding carboxylic acids is 1. The van der Waals surface area contributed by atoms with Gasteiger partial charge < -0.3 is 15.0 Å². The summed E-state index contributed by atoms with van der Waals surface area (Å²) < 4.78 is 31.4. The molecule has 2 N–H and O–H groups in total. The number of anilines is 1. The van der Waals surface area contributed by atoms with E-state index < -0.39 is 11.6 Å². The van der Waals surface area contributed by atoms with Crippen molar-refractivity contribution >= 4 is 11.6 Å². The van der Waals surface area contributed by atoms with Crippen molar-refractivity contribution < 1.29 is 23.2 Å². The normalized spacial score (nSPS) is 15.2. The monoisotopic (exact) mass is 333 g/mol. The smallest absolute Gasteiger partial charge is 0.255 e. The van der Waals surface area contributed by atoms with Gasteiger partial charge in [0.2, 0.25) is 0 Å². The number of amides is 1. The summed E-state index contributed by atoms with van der Waals surface area (Å²) >= 11 is 0. The second-order valence-electron chi connectivity index (χ2n) is 5.82. The Bertz CT molecular complexity index is 713. The van der Waals surface area contributed by atoms with Crippen molar-refractivity contribution in [3.05, 3.63) is 65.2 Å². The van der Waals surface area contributed by atoms with Gasteiger partial charge >= 0.3 is 0 Å². The van der Waals surface area contributed by atoms with Gasteiger partial charge in [-0.3, -0.25) is 4.79 Å². The van der Waals surface area contributed by atoms with E-state index >= 15 is 0 Å². The van der Waals surface area contributed by atoms with Crippen LogP contribution in [0.15, 0.2) is 42.5 Å². The van der Waals surface area contributed by atoms with Gasteiger partial charge in [0, 0.05) is 22.9 Å².